The van der Waals surface area contributed by atoms with E-state index < -0.39 is 4.92 Å². The van der Waals surface area contributed by atoms with Gasteiger partial charge in [0.2, 0.25) is 5.95 Å². The number of aryl methyl sites for hydroxylation is 2. The van der Waals surface area contributed by atoms with Crippen molar-refractivity contribution in [3.05, 3.63) is 22.1 Å². The Morgan fingerprint density at radius 2 is 2.21 bits per heavy atom. The predicted molar refractivity (Wildman–Crippen MR) is 68.1 cm³/mol. The topological polar surface area (TPSA) is 112 Å². The molecule has 0 aliphatic carbocycles. The van der Waals surface area contributed by atoms with Crippen LogP contribution < -0.4 is 5.32 Å². The Kier molecular flexibility index (Phi) is 3.60. The largest absolute Gasteiger partial charge is 0.357 e. The number of nitrogens with zero attached hydrogens (tertiary/aromatic N) is 6. The number of rotatable bonds is 4. The number of nitrogens with one attached hydrogen (secondary N) is 1. The van der Waals surface area contributed by atoms with E-state index >= 15 is 0 Å². The molecule has 19 heavy (non-hydrogen) atoms. The molecule has 0 aromatic carbocycles. The second-order valence-electron chi connectivity index (χ2n) is 3.56. The van der Waals surface area contributed by atoms with Gasteiger partial charge in [0.25, 0.3) is 0 Å². The fourth-order valence-corrected chi connectivity index (χ4v) is 2.30. The average Bonchev–Trinajstić information content (AvgIpc) is 2.73. The zero-order valence-electron chi connectivity index (χ0n) is 10.5. The second-order valence-corrected chi connectivity index (χ2v) is 4.52. The molecule has 0 fully saturated rings. The molecule has 2 aromatic heterocycles. The molecule has 2 rings (SSSR count). The van der Waals surface area contributed by atoms with E-state index in [1.165, 1.54) is 11.0 Å². The number of hydrogen-bond acceptors (Lipinski definition) is 8. The zero-order valence-corrected chi connectivity index (χ0v) is 11.3. The summed E-state index contributed by atoms with van der Waals surface area (Å²) in [4.78, 5) is 22.7. The number of hydrogen-bond donors (Lipinski definition) is 1. The third kappa shape index (κ3) is 2.62. The Bertz CT molecular complexity index is 627. The normalized spacial score (nSPS) is 10.5. The predicted octanol–water partition coefficient (Wildman–Crippen LogP) is 1.01. The lowest BCUT2D eigenvalue weighted by Gasteiger charge is -2.06. The van der Waals surface area contributed by atoms with E-state index in [1.54, 1.807) is 21.0 Å². The summed E-state index contributed by atoms with van der Waals surface area (Å²) in [7, 11) is 3.35. The first-order chi connectivity index (χ1) is 9.02. The van der Waals surface area contributed by atoms with Crippen LogP contribution in [0.3, 0.4) is 0 Å². The van der Waals surface area contributed by atoms with Crippen molar-refractivity contribution in [3.63, 3.8) is 0 Å². The summed E-state index contributed by atoms with van der Waals surface area (Å²) < 4.78 is 1.52. The quantitative estimate of drug-likeness (QED) is 0.502. The van der Waals surface area contributed by atoms with Crippen molar-refractivity contribution in [2.75, 3.05) is 12.4 Å². The summed E-state index contributed by atoms with van der Waals surface area (Å²) in [5.41, 5.74) is 0.181. The summed E-state index contributed by atoms with van der Waals surface area (Å²) in [6.07, 6.45) is 1.38. The minimum atomic E-state index is -0.493. The third-order valence-corrected chi connectivity index (χ3v) is 3.32. The zero-order chi connectivity index (χ0) is 14.0. The maximum Gasteiger partial charge on any atom is 0.322 e. The van der Waals surface area contributed by atoms with Gasteiger partial charge in [0.15, 0.2) is 10.2 Å². The van der Waals surface area contributed by atoms with Gasteiger partial charge >= 0.3 is 5.69 Å². The fourth-order valence-electron chi connectivity index (χ4n) is 1.40. The third-order valence-electron chi connectivity index (χ3n) is 2.29. The van der Waals surface area contributed by atoms with Gasteiger partial charge in [0.1, 0.15) is 12.0 Å². The van der Waals surface area contributed by atoms with Gasteiger partial charge in [-0.05, 0) is 18.7 Å². The van der Waals surface area contributed by atoms with Gasteiger partial charge < -0.3 is 5.32 Å². The van der Waals surface area contributed by atoms with Crippen LogP contribution in [-0.4, -0.2) is 36.7 Å². The molecule has 0 unspecified atom stereocenters. The highest BCUT2D eigenvalue weighted by Gasteiger charge is 2.24. The maximum absolute atomic E-state index is 11.1. The Balaban J connectivity index is 2.50. The smallest absolute Gasteiger partial charge is 0.322 e. The van der Waals surface area contributed by atoms with E-state index in [-0.39, 0.29) is 10.7 Å². The van der Waals surface area contributed by atoms with Crippen LogP contribution in [0.4, 0.5) is 11.6 Å². The molecule has 0 amide bonds. The molecule has 1 N–H and O–H groups in total. The van der Waals surface area contributed by atoms with Gasteiger partial charge in [-0.25, -0.2) is 14.6 Å². The van der Waals surface area contributed by atoms with Crippen molar-refractivity contribution in [1.29, 1.82) is 0 Å². The van der Waals surface area contributed by atoms with Gasteiger partial charge in [-0.2, -0.15) is 10.1 Å². The molecular weight excluding hydrogens is 270 g/mol. The lowest BCUT2D eigenvalue weighted by atomic mass is 10.4. The molecule has 0 radical (unpaired) electrons. The molecule has 100 valence electrons. The van der Waals surface area contributed by atoms with Crippen LogP contribution in [0.5, 0.6) is 0 Å². The van der Waals surface area contributed by atoms with E-state index in [0.29, 0.717) is 16.8 Å². The van der Waals surface area contributed by atoms with Crippen molar-refractivity contribution in [2.24, 2.45) is 7.05 Å². The second kappa shape index (κ2) is 5.18. The number of nitro groups is 1. The summed E-state index contributed by atoms with van der Waals surface area (Å²) in [5.74, 6) is 0.327. The minimum absolute atomic E-state index is 0.119. The van der Waals surface area contributed by atoms with Gasteiger partial charge in [-0.3, -0.25) is 10.1 Å². The number of anilines is 1. The molecule has 0 spiro atoms. The van der Waals surface area contributed by atoms with E-state index in [0.717, 1.165) is 11.8 Å². The van der Waals surface area contributed by atoms with Crippen LogP contribution in [-0.2, 0) is 7.05 Å². The molecule has 2 heterocycles. The van der Waals surface area contributed by atoms with Crippen LogP contribution in [0.15, 0.2) is 16.5 Å². The van der Waals surface area contributed by atoms with Crippen molar-refractivity contribution >= 4 is 23.4 Å². The molecule has 9 nitrogen and oxygen atoms in total. The van der Waals surface area contributed by atoms with Gasteiger partial charge in [0.05, 0.1) is 4.92 Å². The molecule has 0 saturated carbocycles. The average molecular weight is 281 g/mol. The molecule has 0 aliphatic heterocycles. The van der Waals surface area contributed by atoms with Gasteiger partial charge in [0, 0.05) is 14.1 Å². The molecular formula is C9H11N7O2S. The van der Waals surface area contributed by atoms with Crippen LogP contribution in [0, 0.1) is 17.0 Å². The highest BCUT2D eigenvalue weighted by atomic mass is 32.2. The molecule has 10 heteroatoms. The van der Waals surface area contributed by atoms with E-state index in [2.05, 4.69) is 25.4 Å². The molecule has 0 aliphatic rings. The fraction of sp³-hybridized carbons (Fsp3) is 0.333. The lowest BCUT2D eigenvalue weighted by Crippen LogP contribution is -2.05. The highest BCUT2D eigenvalue weighted by Crippen LogP contribution is 2.33. The van der Waals surface area contributed by atoms with Gasteiger partial charge in [-0.15, -0.1) is 0 Å². The Morgan fingerprint density at radius 3 is 2.74 bits per heavy atom. The summed E-state index contributed by atoms with van der Waals surface area (Å²) in [6.45, 7) is 1.57. The van der Waals surface area contributed by atoms with Crippen LogP contribution in [0.25, 0.3) is 0 Å². The van der Waals surface area contributed by atoms with Crippen molar-refractivity contribution in [1.82, 2.24) is 24.7 Å². The van der Waals surface area contributed by atoms with E-state index in [9.17, 15) is 10.1 Å². The minimum Gasteiger partial charge on any atom is -0.357 e. The van der Waals surface area contributed by atoms with Crippen molar-refractivity contribution in [3.8, 4) is 0 Å². The number of aromatic nitrogens is 5. The molecule has 0 atom stereocenters. The SMILES string of the molecule is CNc1nc(C)c([N+](=O)[O-])c(Sc2ncnn2C)n1. The lowest BCUT2D eigenvalue weighted by molar-refractivity contribution is -0.389. The first kappa shape index (κ1) is 13.2. The molecule has 0 saturated heterocycles. The maximum atomic E-state index is 11.1. The molecule has 2 aromatic rings. The van der Waals surface area contributed by atoms with Crippen LogP contribution >= 0.6 is 11.8 Å². The summed E-state index contributed by atoms with van der Waals surface area (Å²) >= 11 is 1.08. The van der Waals surface area contributed by atoms with Crippen LogP contribution in [0.2, 0.25) is 0 Å². The van der Waals surface area contributed by atoms with E-state index in [4.69, 9.17) is 0 Å². The van der Waals surface area contributed by atoms with Crippen molar-refractivity contribution in [2.45, 2.75) is 17.1 Å². The first-order valence-electron chi connectivity index (χ1n) is 5.25. The van der Waals surface area contributed by atoms with Gasteiger partial charge in [-0.1, -0.05) is 0 Å². The van der Waals surface area contributed by atoms with E-state index in [1.807, 2.05) is 0 Å². The monoisotopic (exact) mass is 281 g/mol. The first-order valence-corrected chi connectivity index (χ1v) is 6.07. The molecule has 0 bridgehead atoms. The Hall–Kier alpha value is -2.23. The summed E-state index contributed by atoms with van der Waals surface area (Å²) in [6, 6.07) is 0. The Labute approximate surface area is 112 Å². The highest BCUT2D eigenvalue weighted by molar-refractivity contribution is 7.99. The van der Waals surface area contributed by atoms with Crippen LogP contribution in [0.1, 0.15) is 5.69 Å². The van der Waals surface area contributed by atoms with Crippen molar-refractivity contribution < 1.29 is 4.92 Å². The standard InChI is InChI=1S/C9H11N7O2S/c1-5-6(16(17)18)7(14-8(10-2)13-5)19-9-11-4-12-15(9)3/h4H,1-3H3,(H,10,13,14). The summed E-state index contributed by atoms with van der Waals surface area (Å²) in [5, 5.41) is 18.5. The Morgan fingerprint density at radius 1 is 1.47 bits per heavy atom.